The number of nitrogens with zero attached hydrogens (tertiary/aromatic N) is 5. The zero-order valence-electron chi connectivity index (χ0n) is 17.7. The van der Waals surface area contributed by atoms with Gasteiger partial charge in [-0.25, -0.2) is 9.97 Å². The minimum atomic E-state index is -0.173. The summed E-state index contributed by atoms with van der Waals surface area (Å²) in [5.41, 5.74) is 2.90. The molecule has 3 aromatic rings. The first-order chi connectivity index (χ1) is 15.1. The van der Waals surface area contributed by atoms with Gasteiger partial charge < -0.3 is 19.3 Å². The molecule has 7 nitrogen and oxygen atoms in total. The number of fused-ring (bicyclic) bond motifs is 1. The number of benzene rings is 1. The Kier molecular flexibility index (Phi) is 5.84. The summed E-state index contributed by atoms with van der Waals surface area (Å²) < 4.78 is 8.00. The third kappa shape index (κ3) is 4.15. The zero-order valence-corrected chi connectivity index (χ0v) is 18.5. The zero-order chi connectivity index (χ0) is 21.4. The first-order valence-electron chi connectivity index (χ1n) is 10.9. The van der Waals surface area contributed by atoms with Crippen LogP contribution in [0.1, 0.15) is 12.8 Å². The van der Waals surface area contributed by atoms with Crippen LogP contribution >= 0.6 is 11.6 Å². The third-order valence-corrected chi connectivity index (χ3v) is 6.76. The molecule has 5 rings (SSSR count). The molecule has 2 aromatic heterocycles. The number of rotatable bonds is 3. The quantitative estimate of drug-likeness (QED) is 0.674. The highest BCUT2D eigenvalue weighted by Gasteiger charge is 2.28. The van der Waals surface area contributed by atoms with Gasteiger partial charge in [0.25, 0.3) is 0 Å². The lowest BCUT2D eigenvalue weighted by Gasteiger charge is -2.37. The summed E-state index contributed by atoms with van der Waals surface area (Å²) in [6.45, 7) is 4.80. The highest BCUT2D eigenvalue weighted by atomic mass is 35.5. The first kappa shape index (κ1) is 20.7. The van der Waals surface area contributed by atoms with Gasteiger partial charge in [-0.1, -0.05) is 23.7 Å². The van der Waals surface area contributed by atoms with Crippen LogP contribution in [0, 0.1) is 0 Å². The van der Waals surface area contributed by atoms with Crippen molar-refractivity contribution in [1.82, 2.24) is 19.4 Å². The molecule has 4 heterocycles. The van der Waals surface area contributed by atoms with Crippen LogP contribution in [0.4, 0.5) is 5.82 Å². The van der Waals surface area contributed by atoms with E-state index in [-0.39, 0.29) is 12.1 Å². The molecule has 8 heteroatoms. The Hall–Kier alpha value is -2.19. The second kappa shape index (κ2) is 8.74. The average Bonchev–Trinajstić information content (AvgIpc) is 2.96. The Morgan fingerprint density at radius 1 is 1.16 bits per heavy atom. The van der Waals surface area contributed by atoms with Crippen LogP contribution in [-0.4, -0.2) is 76.1 Å². The van der Waals surface area contributed by atoms with Gasteiger partial charge in [-0.3, -0.25) is 4.90 Å². The smallest absolute Gasteiger partial charge is 0.142 e. The lowest BCUT2D eigenvalue weighted by atomic mass is 10.1. The highest BCUT2D eigenvalue weighted by Crippen LogP contribution is 2.32. The third-order valence-electron chi connectivity index (χ3n) is 6.46. The van der Waals surface area contributed by atoms with Gasteiger partial charge in [-0.2, -0.15) is 0 Å². The average molecular weight is 442 g/mol. The van der Waals surface area contributed by atoms with E-state index >= 15 is 0 Å². The number of hydrogen-bond donors (Lipinski definition) is 1. The van der Waals surface area contributed by atoms with Crippen LogP contribution < -0.4 is 4.90 Å². The number of piperidine rings is 1. The molecule has 0 aliphatic carbocycles. The van der Waals surface area contributed by atoms with Crippen LogP contribution in [0.2, 0.25) is 5.02 Å². The number of aryl methyl sites for hydroxylation is 1. The molecule has 0 saturated carbocycles. The fourth-order valence-electron chi connectivity index (χ4n) is 4.63. The molecule has 0 spiro atoms. The first-order valence-corrected chi connectivity index (χ1v) is 11.3. The van der Waals surface area contributed by atoms with Crippen molar-refractivity contribution in [3.05, 3.63) is 41.6 Å². The van der Waals surface area contributed by atoms with Crippen LogP contribution in [-0.2, 0) is 11.8 Å². The summed E-state index contributed by atoms with van der Waals surface area (Å²) in [6, 6.07) is 10.4. The predicted molar refractivity (Wildman–Crippen MR) is 123 cm³/mol. The molecule has 1 aromatic carbocycles. The van der Waals surface area contributed by atoms with Gasteiger partial charge >= 0.3 is 0 Å². The number of aromatic nitrogens is 3. The predicted octanol–water partition coefficient (Wildman–Crippen LogP) is 2.95. The maximum atomic E-state index is 9.85. The second-order valence-corrected chi connectivity index (χ2v) is 8.85. The molecule has 2 saturated heterocycles. The molecule has 2 fully saturated rings. The fourth-order valence-corrected chi connectivity index (χ4v) is 4.82. The lowest BCUT2D eigenvalue weighted by molar-refractivity contribution is 0.0319. The molecular weight excluding hydrogens is 414 g/mol. The monoisotopic (exact) mass is 441 g/mol. The molecular formula is C23H28ClN5O2. The topological polar surface area (TPSA) is 66.7 Å². The summed E-state index contributed by atoms with van der Waals surface area (Å²) in [7, 11) is 2.02. The minimum Gasteiger partial charge on any atom is -0.393 e. The number of aliphatic hydroxyl groups excluding tert-OH is 1. The highest BCUT2D eigenvalue weighted by molar-refractivity contribution is 6.33. The molecule has 1 atom stereocenters. The van der Waals surface area contributed by atoms with Crippen molar-refractivity contribution in [2.75, 3.05) is 44.3 Å². The number of aliphatic hydroxyl groups is 1. The van der Waals surface area contributed by atoms with Crippen molar-refractivity contribution in [1.29, 1.82) is 0 Å². The van der Waals surface area contributed by atoms with E-state index in [0.29, 0.717) is 18.2 Å². The fraction of sp³-hybridized carbons (Fsp3) is 0.478. The van der Waals surface area contributed by atoms with Gasteiger partial charge in [0.1, 0.15) is 11.6 Å². The number of imidazole rings is 1. The Bertz CT molecular complexity index is 1060. The lowest BCUT2D eigenvalue weighted by Crippen LogP contribution is -2.49. The second-order valence-electron chi connectivity index (χ2n) is 8.45. The van der Waals surface area contributed by atoms with Crippen LogP contribution in [0.25, 0.3) is 22.4 Å². The van der Waals surface area contributed by atoms with Crippen LogP contribution in [0.3, 0.4) is 0 Å². The maximum Gasteiger partial charge on any atom is 0.142 e. The summed E-state index contributed by atoms with van der Waals surface area (Å²) in [6.07, 6.45) is 3.20. The maximum absolute atomic E-state index is 9.85. The van der Waals surface area contributed by atoms with E-state index < -0.39 is 0 Å². The van der Waals surface area contributed by atoms with Gasteiger partial charge in [0.2, 0.25) is 0 Å². The van der Waals surface area contributed by atoms with Crippen molar-refractivity contribution in [3.63, 3.8) is 0 Å². The van der Waals surface area contributed by atoms with Crippen molar-refractivity contribution < 1.29 is 9.84 Å². The van der Waals surface area contributed by atoms with E-state index in [1.807, 2.05) is 31.3 Å². The van der Waals surface area contributed by atoms with Gasteiger partial charge in [-0.05, 0) is 31.0 Å². The molecule has 1 unspecified atom stereocenters. The Morgan fingerprint density at radius 3 is 2.77 bits per heavy atom. The number of para-hydroxylation sites is 2. The number of ether oxygens (including phenoxy) is 1. The Labute approximate surface area is 187 Å². The number of pyridine rings is 1. The van der Waals surface area contributed by atoms with E-state index in [2.05, 4.69) is 25.4 Å². The van der Waals surface area contributed by atoms with Crippen molar-refractivity contribution in [3.8, 4) is 11.4 Å². The van der Waals surface area contributed by atoms with Gasteiger partial charge in [0.15, 0.2) is 0 Å². The van der Waals surface area contributed by atoms with Crippen LogP contribution in [0.5, 0.6) is 0 Å². The number of halogens is 1. The van der Waals surface area contributed by atoms with Gasteiger partial charge in [0.05, 0.1) is 41.4 Å². The molecule has 164 valence electrons. The largest absolute Gasteiger partial charge is 0.393 e. The van der Waals surface area contributed by atoms with E-state index in [4.69, 9.17) is 21.3 Å². The van der Waals surface area contributed by atoms with Crippen molar-refractivity contribution in [2.45, 2.75) is 25.0 Å². The number of likely N-dealkylation sites (tertiary alicyclic amines) is 1. The van der Waals surface area contributed by atoms with E-state index in [1.165, 1.54) is 0 Å². The molecule has 2 aliphatic rings. The minimum absolute atomic E-state index is 0.173. The Morgan fingerprint density at radius 2 is 1.97 bits per heavy atom. The van der Waals surface area contributed by atoms with Crippen molar-refractivity contribution >= 4 is 28.5 Å². The molecule has 0 bridgehead atoms. The summed E-state index contributed by atoms with van der Waals surface area (Å²) in [4.78, 5) is 14.2. The standard InChI is InChI=1S/C23H28ClN5O2/c1-27-21-5-3-2-4-20(21)26-23(27)18-12-22(25-13-19(18)24)29-10-11-31-15-16(14-29)28-8-6-17(30)7-9-28/h2-5,12-13,16-17,30H,6-11,14-15H2,1H3. The normalized spacial score (nSPS) is 21.5. The molecule has 0 radical (unpaired) electrons. The van der Waals surface area contributed by atoms with Gasteiger partial charge in [-0.15, -0.1) is 0 Å². The van der Waals surface area contributed by atoms with E-state index in [9.17, 15) is 5.11 Å². The summed E-state index contributed by atoms with van der Waals surface area (Å²) >= 11 is 6.57. The molecule has 0 amide bonds. The SMILES string of the molecule is Cn1c(-c2cc(N3CCOCC(N4CCC(O)CC4)C3)ncc2Cl)nc2ccccc21. The van der Waals surface area contributed by atoms with Gasteiger partial charge in [0, 0.05) is 45.0 Å². The molecule has 1 N–H and O–H groups in total. The number of hydrogen-bond acceptors (Lipinski definition) is 6. The summed E-state index contributed by atoms with van der Waals surface area (Å²) in [5, 5.41) is 10.4. The van der Waals surface area contributed by atoms with Crippen LogP contribution in [0.15, 0.2) is 36.5 Å². The van der Waals surface area contributed by atoms with E-state index in [0.717, 1.165) is 67.3 Å². The number of anilines is 1. The summed E-state index contributed by atoms with van der Waals surface area (Å²) in [5.74, 6) is 1.72. The Balaban J connectivity index is 1.44. The molecule has 2 aliphatic heterocycles. The van der Waals surface area contributed by atoms with E-state index in [1.54, 1.807) is 6.20 Å². The van der Waals surface area contributed by atoms with Crippen molar-refractivity contribution in [2.24, 2.45) is 7.05 Å². The molecule has 31 heavy (non-hydrogen) atoms.